The van der Waals surface area contributed by atoms with Crippen molar-refractivity contribution < 1.29 is 29.6 Å². The summed E-state index contributed by atoms with van der Waals surface area (Å²) in [6, 6.07) is 9.10. The fraction of sp³-hybridized carbons (Fsp3) is 0.158. The third-order valence-corrected chi connectivity index (χ3v) is 5.80. The van der Waals surface area contributed by atoms with Crippen molar-refractivity contribution in [1.29, 1.82) is 0 Å². The van der Waals surface area contributed by atoms with Crippen LogP contribution in [0.2, 0.25) is 0 Å². The standard InChI is InChI=1S/C19H16N6O2S.Na/c1-11-17-14(8-16(26)24(11)7-6-12-9-20-10-21-12)23-25(18(17)27)19-22-13-4-2-3-5-15(13)28-19;/h2-5,8-10H,6-7H2,1H3,(H2,20,21,23,26);/q;+1/p-1. The number of thiazole rings is 1. The molecule has 0 aliphatic rings. The zero-order chi connectivity index (χ0) is 19.3. The van der Waals surface area contributed by atoms with Crippen molar-refractivity contribution in [1.82, 2.24) is 29.3 Å². The number of imidazole rings is 1. The van der Waals surface area contributed by atoms with Crippen molar-refractivity contribution in [3.05, 3.63) is 75.0 Å². The summed E-state index contributed by atoms with van der Waals surface area (Å²) in [5, 5.41) is 5.32. The van der Waals surface area contributed by atoms with Crippen molar-refractivity contribution in [2.45, 2.75) is 19.9 Å². The van der Waals surface area contributed by atoms with Crippen LogP contribution in [0.5, 0.6) is 0 Å². The summed E-state index contributed by atoms with van der Waals surface area (Å²) in [4.78, 5) is 37.2. The maximum absolute atomic E-state index is 13.1. The van der Waals surface area contributed by atoms with Crippen LogP contribution in [0.15, 0.2) is 52.4 Å². The minimum atomic E-state index is -0.262. The van der Waals surface area contributed by atoms with E-state index in [0.29, 0.717) is 34.7 Å². The van der Waals surface area contributed by atoms with Gasteiger partial charge in [-0.2, -0.15) is 0 Å². The molecule has 1 N–H and O–H groups in total. The molecule has 1 aromatic carbocycles. The zero-order valence-corrected chi connectivity index (χ0v) is 18.7. The molecule has 0 atom stereocenters. The second-order valence-electron chi connectivity index (χ2n) is 6.49. The van der Waals surface area contributed by atoms with E-state index in [4.69, 9.17) is 0 Å². The number of nitrogens with one attached hydrogen (secondary N) is 1. The molecule has 0 unspecified atom stereocenters. The van der Waals surface area contributed by atoms with Gasteiger partial charge < -0.3 is 19.3 Å². The molecule has 0 saturated carbocycles. The Labute approximate surface area is 190 Å². The largest absolute Gasteiger partial charge is 1.00 e. The Kier molecular flexibility index (Phi) is 5.30. The van der Waals surface area contributed by atoms with E-state index >= 15 is 0 Å². The van der Waals surface area contributed by atoms with E-state index in [-0.39, 0.29) is 40.7 Å². The van der Waals surface area contributed by atoms with Crippen LogP contribution in [0.25, 0.3) is 26.3 Å². The first kappa shape index (κ1) is 19.8. The van der Waals surface area contributed by atoms with E-state index in [1.807, 2.05) is 24.3 Å². The molecule has 29 heavy (non-hydrogen) atoms. The van der Waals surface area contributed by atoms with E-state index in [1.54, 1.807) is 24.0 Å². The topological polar surface area (TPSA) is 99.7 Å². The van der Waals surface area contributed by atoms with E-state index in [2.05, 4.69) is 20.1 Å². The third kappa shape index (κ3) is 3.40. The maximum atomic E-state index is 13.1. The van der Waals surface area contributed by atoms with Crippen LogP contribution >= 0.6 is 11.3 Å². The molecule has 0 radical (unpaired) electrons. The van der Waals surface area contributed by atoms with E-state index in [0.717, 1.165) is 15.9 Å². The quantitative estimate of drug-likeness (QED) is 0.380. The second-order valence-corrected chi connectivity index (χ2v) is 7.50. The minimum Gasteiger partial charge on any atom is -0.585 e. The second kappa shape index (κ2) is 7.75. The number of hydrogen-bond donors (Lipinski definition) is 1. The van der Waals surface area contributed by atoms with Gasteiger partial charge in [-0.3, -0.25) is 9.59 Å². The van der Waals surface area contributed by atoms with Gasteiger partial charge in [0.2, 0.25) is 11.1 Å². The number of pyridine rings is 1. The molecular formula is C19H15N6NaO2S. The number of para-hydroxylation sites is 1. The predicted molar refractivity (Wildman–Crippen MR) is 107 cm³/mol. The summed E-state index contributed by atoms with van der Waals surface area (Å²) >= 11 is 1.40. The first-order chi connectivity index (χ1) is 13.6. The molecule has 140 valence electrons. The Morgan fingerprint density at radius 2 is 2.07 bits per heavy atom. The van der Waals surface area contributed by atoms with Crippen molar-refractivity contribution in [2.75, 3.05) is 0 Å². The van der Waals surface area contributed by atoms with Crippen LogP contribution in [-0.4, -0.2) is 24.2 Å². The molecule has 0 amide bonds. The van der Waals surface area contributed by atoms with Crippen LogP contribution in [0.4, 0.5) is 0 Å². The fourth-order valence-electron chi connectivity index (χ4n) is 3.37. The molecule has 5 aromatic rings. The zero-order valence-electron chi connectivity index (χ0n) is 15.9. The van der Waals surface area contributed by atoms with Crippen LogP contribution < -0.4 is 45.8 Å². The van der Waals surface area contributed by atoms with E-state index < -0.39 is 0 Å². The number of aryl methyl sites for hydroxylation is 2. The van der Waals surface area contributed by atoms with Crippen LogP contribution in [0, 0.1) is 6.92 Å². The molecule has 4 aromatic heterocycles. The molecule has 0 saturated heterocycles. The Hall–Kier alpha value is -2.46. The van der Waals surface area contributed by atoms with Crippen LogP contribution in [0.1, 0.15) is 11.4 Å². The number of fused-ring (bicyclic) bond motifs is 2. The van der Waals surface area contributed by atoms with E-state index in [1.165, 1.54) is 22.1 Å². The summed E-state index contributed by atoms with van der Waals surface area (Å²) in [5.41, 5.74) is 2.31. The van der Waals surface area contributed by atoms with Crippen molar-refractivity contribution in [3.8, 4) is 5.13 Å². The van der Waals surface area contributed by atoms with Gasteiger partial charge in [-0.15, -0.1) is 5.52 Å². The van der Waals surface area contributed by atoms with Gasteiger partial charge in [-0.1, -0.05) is 23.5 Å². The number of nitrogens with zero attached hydrogens (tertiary/aromatic N) is 5. The average molecular weight is 414 g/mol. The van der Waals surface area contributed by atoms with Crippen molar-refractivity contribution in [3.63, 3.8) is 0 Å². The normalized spacial score (nSPS) is 11.2. The minimum absolute atomic E-state index is 0. The van der Waals surface area contributed by atoms with Crippen molar-refractivity contribution >= 4 is 32.5 Å². The third-order valence-electron chi connectivity index (χ3n) is 4.79. The predicted octanol–water partition coefficient (Wildman–Crippen LogP) is -1.00. The number of aromatic nitrogens is 6. The molecule has 4 heterocycles. The van der Waals surface area contributed by atoms with Gasteiger partial charge in [-0.25, -0.2) is 9.97 Å². The number of rotatable bonds is 4. The smallest absolute Gasteiger partial charge is 0.585 e. The molecular weight excluding hydrogens is 399 g/mol. The summed E-state index contributed by atoms with van der Waals surface area (Å²) < 4.78 is 3.88. The first-order valence-electron chi connectivity index (χ1n) is 8.75. The molecule has 8 nitrogen and oxygen atoms in total. The Balaban J connectivity index is 0.00000205. The first-order valence-corrected chi connectivity index (χ1v) is 9.57. The molecule has 5 rings (SSSR count). The number of benzene rings is 1. The Bertz CT molecular complexity index is 1390. The Morgan fingerprint density at radius 3 is 2.83 bits per heavy atom. The van der Waals surface area contributed by atoms with Gasteiger partial charge in [0.1, 0.15) is 0 Å². The number of aromatic amines is 1. The average Bonchev–Trinajstić information content (AvgIpc) is 3.40. The molecule has 0 aliphatic carbocycles. The van der Waals surface area contributed by atoms with Crippen LogP contribution in [0.3, 0.4) is 0 Å². The Morgan fingerprint density at radius 1 is 1.24 bits per heavy atom. The molecule has 10 heteroatoms. The van der Waals surface area contributed by atoms with Gasteiger partial charge in [0.05, 0.1) is 16.5 Å². The number of H-pyrrole nitrogens is 1. The molecule has 0 bridgehead atoms. The summed E-state index contributed by atoms with van der Waals surface area (Å²) in [6.45, 7) is 2.23. The summed E-state index contributed by atoms with van der Waals surface area (Å²) in [7, 11) is 0. The van der Waals surface area contributed by atoms with Crippen LogP contribution in [-0.2, 0) is 13.0 Å². The summed E-state index contributed by atoms with van der Waals surface area (Å²) in [5.74, 6) is 0. The van der Waals surface area contributed by atoms with Gasteiger partial charge in [-0.05, 0) is 25.1 Å². The van der Waals surface area contributed by atoms with Crippen molar-refractivity contribution in [2.24, 2.45) is 0 Å². The van der Waals surface area contributed by atoms with Gasteiger partial charge >= 0.3 is 29.6 Å². The van der Waals surface area contributed by atoms with Gasteiger partial charge in [0, 0.05) is 35.9 Å². The maximum Gasteiger partial charge on any atom is 1.00 e. The monoisotopic (exact) mass is 414 g/mol. The molecule has 0 spiro atoms. The molecule has 0 aliphatic heterocycles. The molecule has 0 fully saturated rings. The van der Waals surface area contributed by atoms with Gasteiger partial charge in [0.15, 0.2) is 5.13 Å². The summed E-state index contributed by atoms with van der Waals surface area (Å²) in [6.07, 6.45) is 3.95. The number of hydrogen-bond acceptors (Lipinski definition) is 5. The SMILES string of the molecule is Cc1c2c(=O)n(-c3nc4ccccc4s3)[n-]c2cc(=O)n1CCc1cnc[nH]1.[Na+]. The van der Waals surface area contributed by atoms with E-state index in [9.17, 15) is 9.59 Å². The fourth-order valence-corrected chi connectivity index (χ4v) is 4.28. The van der Waals surface area contributed by atoms with Gasteiger partial charge in [0.25, 0.3) is 0 Å².